The lowest BCUT2D eigenvalue weighted by atomic mass is 10.2. The molecule has 3 rings (SSSR count). The van der Waals surface area contributed by atoms with Crippen LogP contribution in [0, 0.1) is 3.14 Å². The van der Waals surface area contributed by atoms with Crippen LogP contribution in [0.1, 0.15) is 10.8 Å². The molecule has 1 aromatic heterocycles. The molecule has 1 aliphatic heterocycles. The summed E-state index contributed by atoms with van der Waals surface area (Å²) >= 11 is 12.7. The van der Waals surface area contributed by atoms with Gasteiger partial charge in [-0.2, -0.15) is 0 Å². The van der Waals surface area contributed by atoms with Crippen molar-refractivity contribution in [2.45, 2.75) is 13.7 Å². The second kappa shape index (κ2) is 4.82. The minimum atomic E-state index is 0.582. The predicted molar refractivity (Wildman–Crippen MR) is 78.8 cm³/mol. The number of fused-ring (bicyclic) bond motifs is 1. The van der Waals surface area contributed by atoms with Crippen molar-refractivity contribution in [3.05, 3.63) is 39.0 Å². The highest BCUT2D eigenvalue weighted by Gasteiger charge is 2.23. The summed E-state index contributed by atoms with van der Waals surface area (Å²) in [7, 11) is 0. The molecule has 0 aliphatic carbocycles. The third-order valence-corrected chi connectivity index (χ3v) is 8.40. The molecule has 1 atom stereocenters. The van der Waals surface area contributed by atoms with Crippen molar-refractivity contribution in [1.29, 1.82) is 0 Å². The fourth-order valence-electron chi connectivity index (χ4n) is 1.56. The van der Waals surface area contributed by atoms with E-state index >= 15 is 0 Å². The van der Waals surface area contributed by atoms with Gasteiger partial charge in [-0.05, 0) is 5.56 Å². The van der Waals surface area contributed by atoms with Crippen molar-refractivity contribution in [3.63, 3.8) is 0 Å². The normalized spacial score (nSPS) is 19.4. The molecule has 1 aliphatic rings. The van der Waals surface area contributed by atoms with E-state index in [2.05, 4.69) is 30.3 Å². The lowest BCUT2D eigenvalue weighted by molar-refractivity contribution is 1.10. The first-order valence-corrected chi connectivity index (χ1v) is 8.72. The van der Waals surface area contributed by atoms with E-state index in [1.807, 2.05) is 23.5 Å². The van der Waals surface area contributed by atoms with Crippen molar-refractivity contribution < 1.29 is 0 Å². The van der Waals surface area contributed by atoms with Gasteiger partial charge in [0.05, 0.1) is 8.42 Å². The maximum Gasteiger partial charge on any atom is 0.145 e. The third-order valence-electron chi connectivity index (χ3n) is 2.31. The van der Waals surface area contributed by atoms with Gasteiger partial charge in [-0.3, -0.25) is 0 Å². The topological polar surface area (TPSA) is 0 Å². The number of hydrogen-bond donors (Lipinski definition) is 0. The summed E-state index contributed by atoms with van der Waals surface area (Å²) in [6.45, 7) is 0. The average molecular weight is 301 g/mol. The van der Waals surface area contributed by atoms with Crippen molar-refractivity contribution in [2.75, 3.05) is 5.75 Å². The maximum absolute atomic E-state index is 5.25. The summed E-state index contributed by atoms with van der Waals surface area (Å²) in [6, 6.07) is 10.7. The van der Waals surface area contributed by atoms with Gasteiger partial charge in [0.1, 0.15) is 3.14 Å². The molecule has 5 heteroatoms. The second-order valence-corrected chi connectivity index (χ2v) is 9.34. The SMILES string of the molecule is S=c1sc2c(s1)S[C@@H](c1ccccc1)CS2. The van der Waals surface area contributed by atoms with Crippen molar-refractivity contribution in [2.24, 2.45) is 0 Å². The Balaban J connectivity index is 1.91. The summed E-state index contributed by atoms with van der Waals surface area (Å²) in [5.74, 6) is 1.16. The van der Waals surface area contributed by atoms with Crippen LogP contribution in [0.2, 0.25) is 0 Å². The molecule has 0 nitrogen and oxygen atoms in total. The number of rotatable bonds is 1. The fraction of sp³-hybridized carbons (Fsp3) is 0.182. The van der Waals surface area contributed by atoms with Gasteiger partial charge in [-0.15, -0.1) is 46.2 Å². The van der Waals surface area contributed by atoms with E-state index in [9.17, 15) is 0 Å². The Morgan fingerprint density at radius 3 is 2.62 bits per heavy atom. The van der Waals surface area contributed by atoms with E-state index in [4.69, 9.17) is 12.2 Å². The molecule has 0 saturated heterocycles. The zero-order valence-electron chi connectivity index (χ0n) is 8.21. The first-order chi connectivity index (χ1) is 7.83. The second-order valence-electron chi connectivity index (χ2n) is 3.36. The van der Waals surface area contributed by atoms with Crippen LogP contribution in [-0.4, -0.2) is 5.75 Å². The van der Waals surface area contributed by atoms with Gasteiger partial charge in [-0.1, -0.05) is 42.5 Å². The smallest absolute Gasteiger partial charge is 0.112 e. The van der Waals surface area contributed by atoms with Gasteiger partial charge in [0, 0.05) is 11.0 Å². The molecule has 82 valence electrons. The van der Waals surface area contributed by atoms with E-state index in [0.29, 0.717) is 5.25 Å². The lowest BCUT2D eigenvalue weighted by Gasteiger charge is -2.20. The Kier molecular flexibility index (Phi) is 3.40. The Morgan fingerprint density at radius 2 is 1.81 bits per heavy atom. The van der Waals surface area contributed by atoms with E-state index in [1.54, 1.807) is 22.7 Å². The van der Waals surface area contributed by atoms with Crippen LogP contribution in [0.5, 0.6) is 0 Å². The van der Waals surface area contributed by atoms with Crippen LogP contribution in [0.4, 0.5) is 0 Å². The average Bonchev–Trinajstić information content (AvgIpc) is 2.69. The van der Waals surface area contributed by atoms with Gasteiger partial charge in [0.15, 0.2) is 0 Å². The highest BCUT2D eigenvalue weighted by Crippen LogP contribution is 2.52. The molecular formula is C11H8S5. The quantitative estimate of drug-likeness (QED) is 0.640. The predicted octanol–water partition coefficient (Wildman–Crippen LogP) is 5.48. The number of hydrogen-bond acceptors (Lipinski definition) is 5. The van der Waals surface area contributed by atoms with Crippen LogP contribution in [0.15, 0.2) is 38.8 Å². The molecule has 16 heavy (non-hydrogen) atoms. The standard InChI is InChI=1S/C11H8S5/c12-11-15-9-10(16-11)14-8(6-13-9)7-4-2-1-3-5-7/h1-5,8H,6H2/t8-/m1/s1. The Morgan fingerprint density at radius 1 is 1.06 bits per heavy atom. The van der Waals surface area contributed by atoms with Gasteiger partial charge in [0.2, 0.25) is 0 Å². The molecule has 0 fully saturated rings. The molecule has 0 unspecified atom stereocenters. The van der Waals surface area contributed by atoms with E-state index in [1.165, 1.54) is 14.0 Å². The molecule has 2 aromatic rings. The lowest BCUT2D eigenvalue weighted by Crippen LogP contribution is -2.00. The molecule has 1 aromatic carbocycles. The molecule has 0 saturated carbocycles. The van der Waals surface area contributed by atoms with E-state index in [0.717, 1.165) is 8.89 Å². The van der Waals surface area contributed by atoms with Crippen LogP contribution < -0.4 is 0 Å². The number of benzene rings is 1. The zero-order valence-corrected chi connectivity index (χ0v) is 12.3. The van der Waals surface area contributed by atoms with Gasteiger partial charge in [-0.25, -0.2) is 0 Å². The van der Waals surface area contributed by atoms with E-state index in [-0.39, 0.29) is 0 Å². The summed E-state index contributed by atoms with van der Waals surface area (Å²) in [6.07, 6.45) is 0. The van der Waals surface area contributed by atoms with Crippen molar-refractivity contribution in [1.82, 2.24) is 0 Å². The molecule has 0 N–H and O–H groups in total. The minimum Gasteiger partial charge on any atom is -0.112 e. The molecule has 0 spiro atoms. The Labute approximate surface area is 116 Å². The number of thioether (sulfide) groups is 2. The maximum atomic E-state index is 5.25. The highest BCUT2D eigenvalue weighted by atomic mass is 32.2. The van der Waals surface area contributed by atoms with Crippen LogP contribution in [0.25, 0.3) is 0 Å². The summed E-state index contributed by atoms with van der Waals surface area (Å²) in [5, 5.41) is 0.582. The monoisotopic (exact) mass is 300 g/mol. The minimum absolute atomic E-state index is 0.582. The fourth-order valence-corrected chi connectivity index (χ4v) is 8.19. The highest BCUT2D eigenvalue weighted by molar-refractivity contribution is 8.08. The summed E-state index contributed by atoms with van der Waals surface area (Å²) < 4.78 is 3.89. The zero-order chi connectivity index (χ0) is 11.0. The summed E-state index contributed by atoms with van der Waals surface area (Å²) in [4.78, 5) is 0. The largest absolute Gasteiger partial charge is 0.145 e. The molecular weight excluding hydrogens is 292 g/mol. The van der Waals surface area contributed by atoms with Crippen LogP contribution in [-0.2, 0) is 0 Å². The van der Waals surface area contributed by atoms with Gasteiger partial charge in [0.25, 0.3) is 0 Å². The van der Waals surface area contributed by atoms with E-state index < -0.39 is 0 Å². The van der Waals surface area contributed by atoms with Crippen LogP contribution >= 0.6 is 58.4 Å². The first-order valence-electron chi connectivity index (χ1n) is 4.81. The molecule has 2 heterocycles. The first kappa shape index (κ1) is 11.3. The van der Waals surface area contributed by atoms with Gasteiger partial charge >= 0.3 is 0 Å². The van der Waals surface area contributed by atoms with Crippen molar-refractivity contribution >= 4 is 58.4 Å². The molecule has 0 radical (unpaired) electrons. The van der Waals surface area contributed by atoms with Crippen molar-refractivity contribution in [3.8, 4) is 0 Å². The third kappa shape index (κ3) is 2.24. The summed E-state index contributed by atoms with van der Waals surface area (Å²) in [5.41, 5.74) is 1.43. The Hall–Kier alpha value is 0.190. The van der Waals surface area contributed by atoms with Gasteiger partial charge < -0.3 is 0 Å². The van der Waals surface area contributed by atoms with Crippen LogP contribution in [0.3, 0.4) is 0 Å². The Bertz CT molecular complexity index is 539. The molecule has 0 bridgehead atoms. The molecule has 0 amide bonds.